The van der Waals surface area contributed by atoms with Crippen LogP contribution in [0.3, 0.4) is 0 Å². The van der Waals surface area contributed by atoms with Crippen LogP contribution in [-0.4, -0.2) is 16.3 Å². The molecule has 2 aromatic carbocycles. The Morgan fingerprint density at radius 3 is 2.72 bits per heavy atom. The summed E-state index contributed by atoms with van der Waals surface area (Å²) >= 11 is 12.6. The van der Waals surface area contributed by atoms with Crippen LogP contribution in [0, 0.1) is 6.92 Å². The van der Waals surface area contributed by atoms with Crippen LogP contribution in [0.5, 0.6) is 0 Å². The molecule has 3 nitrogen and oxygen atoms in total. The molecule has 128 valence electrons. The first kappa shape index (κ1) is 16.5. The predicted molar refractivity (Wildman–Crippen MR) is 105 cm³/mol. The first-order valence-corrected chi connectivity index (χ1v) is 9.28. The van der Waals surface area contributed by atoms with E-state index < -0.39 is 0 Å². The maximum Gasteiger partial charge on any atom is 0.133 e. The van der Waals surface area contributed by atoms with Gasteiger partial charge in [-0.1, -0.05) is 41.4 Å². The molecule has 0 unspecified atom stereocenters. The SMILES string of the molecule is Cc1ccccc1-n1nc(-c2ccc(Cl)cc2Cl)c2c1NCCCC2. The number of rotatable bonds is 2. The average molecular weight is 372 g/mol. The summed E-state index contributed by atoms with van der Waals surface area (Å²) in [5, 5.41) is 9.79. The van der Waals surface area contributed by atoms with Crippen LogP contribution in [0.15, 0.2) is 42.5 Å². The summed E-state index contributed by atoms with van der Waals surface area (Å²) in [5.74, 6) is 1.08. The molecule has 25 heavy (non-hydrogen) atoms. The van der Waals surface area contributed by atoms with Crippen molar-refractivity contribution >= 4 is 29.0 Å². The van der Waals surface area contributed by atoms with Gasteiger partial charge in [-0.25, -0.2) is 4.68 Å². The normalized spacial score (nSPS) is 13.9. The van der Waals surface area contributed by atoms with Gasteiger partial charge in [-0.3, -0.25) is 0 Å². The van der Waals surface area contributed by atoms with E-state index >= 15 is 0 Å². The van der Waals surface area contributed by atoms with Gasteiger partial charge in [0.15, 0.2) is 0 Å². The molecule has 0 atom stereocenters. The van der Waals surface area contributed by atoms with E-state index in [0.717, 1.165) is 48.6 Å². The zero-order valence-electron chi connectivity index (χ0n) is 14.0. The third-order valence-corrected chi connectivity index (χ3v) is 5.21. The highest BCUT2D eigenvalue weighted by Crippen LogP contribution is 2.38. The molecule has 0 fully saturated rings. The lowest BCUT2D eigenvalue weighted by Crippen LogP contribution is -2.08. The molecule has 5 heteroatoms. The van der Waals surface area contributed by atoms with E-state index in [1.165, 1.54) is 11.1 Å². The monoisotopic (exact) mass is 371 g/mol. The molecule has 1 aromatic heterocycles. The van der Waals surface area contributed by atoms with E-state index in [4.69, 9.17) is 28.3 Å². The van der Waals surface area contributed by atoms with Crippen LogP contribution in [-0.2, 0) is 6.42 Å². The van der Waals surface area contributed by atoms with Crippen LogP contribution in [0.1, 0.15) is 24.0 Å². The van der Waals surface area contributed by atoms with Crippen molar-refractivity contribution in [3.05, 3.63) is 63.6 Å². The molecule has 0 spiro atoms. The van der Waals surface area contributed by atoms with E-state index in [-0.39, 0.29) is 0 Å². The second kappa shape index (κ2) is 6.74. The Morgan fingerprint density at radius 1 is 1.08 bits per heavy atom. The first-order valence-electron chi connectivity index (χ1n) is 8.52. The molecule has 3 aromatic rings. The molecule has 1 aliphatic rings. The molecule has 1 aliphatic heterocycles. The van der Waals surface area contributed by atoms with Crippen molar-refractivity contribution in [1.29, 1.82) is 0 Å². The van der Waals surface area contributed by atoms with Gasteiger partial charge in [-0.05, 0) is 56.0 Å². The van der Waals surface area contributed by atoms with E-state index in [1.807, 2.05) is 28.9 Å². The summed E-state index contributed by atoms with van der Waals surface area (Å²) < 4.78 is 2.02. The lowest BCUT2D eigenvalue weighted by atomic mass is 10.0. The number of para-hydroxylation sites is 1. The van der Waals surface area contributed by atoms with Crippen LogP contribution >= 0.6 is 23.2 Å². The van der Waals surface area contributed by atoms with Gasteiger partial charge in [-0.15, -0.1) is 0 Å². The molecule has 0 saturated heterocycles. The summed E-state index contributed by atoms with van der Waals surface area (Å²) in [5.41, 5.74) is 5.37. The second-order valence-corrected chi connectivity index (χ2v) is 7.23. The number of fused-ring (bicyclic) bond motifs is 1. The van der Waals surface area contributed by atoms with Gasteiger partial charge in [0.2, 0.25) is 0 Å². The van der Waals surface area contributed by atoms with Gasteiger partial charge in [0, 0.05) is 22.7 Å². The largest absolute Gasteiger partial charge is 0.370 e. The topological polar surface area (TPSA) is 29.9 Å². The maximum absolute atomic E-state index is 6.48. The minimum Gasteiger partial charge on any atom is -0.370 e. The number of aromatic nitrogens is 2. The van der Waals surface area contributed by atoms with Crippen molar-refractivity contribution in [2.24, 2.45) is 0 Å². The summed E-state index contributed by atoms with van der Waals surface area (Å²) in [7, 11) is 0. The Balaban J connectivity index is 1.95. The van der Waals surface area contributed by atoms with Crippen molar-refractivity contribution in [2.45, 2.75) is 26.2 Å². The Labute approximate surface area is 157 Å². The Bertz CT molecular complexity index is 931. The van der Waals surface area contributed by atoms with Crippen molar-refractivity contribution in [1.82, 2.24) is 9.78 Å². The Morgan fingerprint density at radius 2 is 1.92 bits per heavy atom. The second-order valence-electron chi connectivity index (χ2n) is 6.38. The molecule has 1 N–H and O–H groups in total. The summed E-state index contributed by atoms with van der Waals surface area (Å²) in [6, 6.07) is 13.9. The maximum atomic E-state index is 6.48. The third-order valence-electron chi connectivity index (χ3n) is 4.66. The lowest BCUT2D eigenvalue weighted by Gasteiger charge is -2.11. The molecule has 0 aliphatic carbocycles. The first-order chi connectivity index (χ1) is 12.1. The van der Waals surface area contributed by atoms with E-state index in [1.54, 1.807) is 6.07 Å². The highest BCUT2D eigenvalue weighted by molar-refractivity contribution is 6.36. The third kappa shape index (κ3) is 3.03. The van der Waals surface area contributed by atoms with Gasteiger partial charge in [0.25, 0.3) is 0 Å². The van der Waals surface area contributed by atoms with Crippen molar-refractivity contribution < 1.29 is 0 Å². The van der Waals surface area contributed by atoms with Crippen LogP contribution < -0.4 is 5.32 Å². The molecule has 0 bridgehead atoms. The number of aryl methyl sites for hydroxylation is 1. The molecular formula is C20H19Cl2N3. The van der Waals surface area contributed by atoms with Crippen molar-refractivity contribution in [2.75, 3.05) is 11.9 Å². The molecule has 4 rings (SSSR count). The zero-order chi connectivity index (χ0) is 17.4. The summed E-state index contributed by atoms with van der Waals surface area (Å²) in [4.78, 5) is 0. The minimum atomic E-state index is 0.633. The highest BCUT2D eigenvalue weighted by Gasteiger charge is 2.23. The smallest absolute Gasteiger partial charge is 0.133 e. The van der Waals surface area contributed by atoms with Crippen molar-refractivity contribution in [3.63, 3.8) is 0 Å². The van der Waals surface area contributed by atoms with Gasteiger partial charge in [-0.2, -0.15) is 5.10 Å². The highest BCUT2D eigenvalue weighted by atomic mass is 35.5. The molecule has 0 saturated carbocycles. The molecule has 0 amide bonds. The number of hydrogen-bond acceptors (Lipinski definition) is 2. The molecule has 2 heterocycles. The minimum absolute atomic E-state index is 0.633. The van der Waals surface area contributed by atoms with E-state index in [9.17, 15) is 0 Å². The van der Waals surface area contributed by atoms with Crippen LogP contribution in [0.2, 0.25) is 10.0 Å². The fourth-order valence-electron chi connectivity index (χ4n) is 3.38. The van der Waals surface area contributed by atoms with Gasteiger partial charge in [0.05, 0.1) is 16.4 Å². The fourth-order valence-corrected chi connectivity index (χ4v) is 3.87. The predicted octanol–water partition coefficient (Wildman–Crippen LogP) is 5.90. The molecular weight excluding hydrogens is 353 g/mol. The van der Waals surface area contributed by atoms with Crippen molar-refractivity contribution in [3.8, 4) is 16.9 Å². The number of nitrogens with zero attached hydrogens (tertiary/aromatic N) is 2. The summed E-state index contributed by atoms with van der Waals surface area (Å²) in [6.45, 7) is 3.06. The zero-order valence-corrected chi connectivity index (χ0v) is 15.5. The number of nitrogens with one attached hydrogen (secondary N) is 1. The standard InChI is InChI=1S/C20H19Cl2N3/c1-13-6-2-3-8-18(13)25-20-16(7-4-5-11-23-20)19(24-25)15-10-9-14(21)12-17(15)22/h2-3,6,8-10,12,23H,4-5,7,11H2,1H3. The van der Waals surface area contributed by atoms with Gasteiger partial charge < -0.3 is 5.32 Å². The van der Waals surface area contributed by atoms with Crippen LogP contribution in [0.4, 0.5) is 5.82 Å². The number of anilines is 1. The van der Waals surface area contributed by atoms with Crippen LogP contribution in [0.25, 0.3) is 16.9 Å². The Hall–Kier alpha value is -1.97. The quantitative estimate of drug-likeness (QED) is 0.607. The van der Waals surface area contributed by atoms with E-state index in [2.05, 4.69) is 24.4 Å². The number of hydrogen-bond donors (Lipinski definition) is 1. The fraction of sp³-hybridized carbons (Fsp3) is 0.250. The number of benzene rings is 2. The van der Waals surface area contributed by atoms with Gasteiger partial charge in [0.1, 0.15) is 5.82 Å². The molecule has 0 radical (unpaired) electrons. The lowest BCUT2D eigenvalue weighted by molar-refractivity contribution is 0.779. The average Bonchev–Trinajstić information content (AvgIpc) is 2.78. The number of halogens is 2. The Kier molecular flexibility index (Phi) is 4.45. The van der Waals surface area contributed by atoms with Gasteiger partial charge >= 0.3 is 0 Å². The summed E-state index contributed by atoms with van der Waals surface area (Å²) in [6.07, 6.45) is 3.27. The van der Waals surface area contributed by atoms with E-state index in [0.29, 0.717) is 10.0 Å².